The molecule has 15 heteroatoms. The third kappa shape index (κ3) is 5.08. The number of ether oxygens (including phenoxy) is 1. The number of nitrogens with one attached hydrogen (secondary N) is 1. The van der Waals surface area contributed by atoms with E-state index in [2.05, 4.69) is 10.4 Å². The van der Waals surface area contributed by atoms with Gasteiger partial charge in [-0.1, -0.05) is 17.7 Å². The Labute approximate surface area is 215 Å². The zero-order chi connectivity index (χ0) is 27.9. The number of rotatable bonds is 6. The molecule has 1 aliphatic rings. The van der Waals surface area contributed by atoms with Crippen molar-refractivity contribution in [1.29, 1.82) is 0 Å². The van der Waals surface area contributed by atoms with Crippen molar-refractivity contribution >= 4 is 29.2 Å². The van der Waals surface area contributed by atoms with Crippen LogP contribution in [-0.2, 0) is 11.3 Å². The molecular weight excluding hydrogens is 543 g/mol. The zero-order valence-corrected chi connectivity index (χ0v) is 20.1. The molecule has 9 nitrogen and oxygen atoms in total. The number of hydrogen-bond acceptors (Lipinski definition) is 5. The van der Waals surface area contributed by atoms with Crippen LogP contribution in [-0.4, -0.2) is 43.6 Å². The Bertz CT molecular complexity index is 1470. The summed E-state index contributed by atoms with van der Waals surface area (Å²) in [4.78, 5) is 37.4. The van der Waals surface area contributed by atoms with Crippen molar-refractivity contribution in [3.05, 3.63) is 68.9 Å². The number of carbonyl (C=O) groups is 2. The minimum absolute atomic E-state index is 0.0952. The molecule has 1 aromatic heterocycles. The van der Waals surface area contributed by atoms with Crippen LogP contribution in [0.3, 0.4) is 0 Å². The minimum Gasteiger partial charge on any atom is -0.481 e. The molecule has 1 unspecified atom stereocenters. The van der Waals surface area contributed by atoms with Gasteiger partial charge in [0.15, 0.2) is 6.10 Å². The lowest BCUT2D eigenvalue weighted by Gasteiger charge is -2.20. The van der Waals surface area contributed by atoms with Crippen LogP contribution in [0, 0.1) is 11.6 Å². The van der Waals surface area contributed by atoms with Gasteiger partial charge in [0.1, 0.15) is 34.8 Å². The first-order chi connectivity index (χ1) is 17.8. The first-order valence-corrected chi connectivity index (χ1v) is 11.4. The molecule has 2 atom stereocenters. The highest BCUT2D eigenvalue weighted by Crippen LogP contribution is 2.33. The number of nitrogens with zero attached hydrogens (tertiary/aromatic N) is 3. The molecule has 4 rings (SSSR count). The predicted molar refractivity (Wildman–Crippen MR) is 123 cm³/mol. The molecule has 0 bridgehead atoms. The highest BCUT2D eigenvalue weighted by Gasteiger charge is 2.39. The Kier molecular flexibility index (Phi) is 7.19. The summed E-state index contributed by atoms with van der Waals surface area (Å²) in [6.45, 7) is 0.731. The summed E-state index contributed by atoms with van der Waals surface area (Å²) in [6, 6.07) is 4.61. The second-order valence-electron chi connectivity index (χ2n) is 8.39. The van der Waals surface area contributed by atoms with Gasteiger partial charge in [-0.25, -0.2) is 13.6 Å². The first kappa shape index (κ1) is 27.1. The van der Waals surface area contributed by atoms with Gasteiger partial charge in [0.05, 0.1) is 16.3 Å². The first-order valence-electron chi connectivity index (χ1n) is 11.0. The fourth-order valence-electron chi connectivity index (χ4n) is 3.89. The van der Waals surface area contributed by atoms with Crippen molar-refractivity contribution < 1.29 is 41.4 Å². The number of alkyl halides is 3. The van der Waals surface area contributed by atoms with Crippen molar-refractivity contribution in [3.8, 4) is 11.4 Å². The number of para-hydroxylation sites is 1. The van der Waals surface area contributed by atoms with Crippen molar-refractivity contribution in [2.24, 2.45) is 0 Å². The maximum absolute atomic E-state index is 15.3. The molecule has 2 heterocycles. The molecule has 2 N–H and O–H groups in total. The summed E-state index contributed by atoms with van der Waals surface area (Å²) in [6.07, 6.45) is -6.87. The monoisotopic (exact) mass is 560 g/mol. The van der Waals surface area contributed by atoms with E-state index in [1.165, 1.54) is 12.1 Å². The molecule has 0 saturated carbocycles. The Morgan fingerprint density at radius 1 is 1.24 bits per heavy atom. The Morgan fingerprint density at radius 2 is 1.95 bits per heavy atom. The van der Waals surface area contributed by atoms with Crippen LogP contribution in [0.4, 0.5) is 27.6 Å². The van der Waals surface area contributed by atoms with E-state index < -0.39 is 70.1 Å². The lowest BCUT2D eigenvalue weighted by Crippen LogP contribution is -2.32. The molecule has 38 heavy (non-hydrogen) atoms. The highest BCUT2D eigenvalue weighted by molar-refractivity contribution is 6.34. The number of carbonyl (C=O) groups excluding carboxylic acids is 1. The number of amides is 1. The fraction of sp³-hybridized carbons (Fsp3) is 0.304. The van der Waals surface area contributed by atoms with Gasteiger partial charge in [0.2, 0.25) is 0 Å². The van der Waals surface area contributed by atoms with Gasteiger partial charge in [-0.15, -0.1) is 5.10 Å². The number of anilines is 1. The van der Waals surface area contributed by atoms with E-state index in [4.69, 9.17) is 16.3 Å². The van der Waals surface area contributed by atoms with E-state index in [0.717, 1.165) is 10.6 Å². The van der Waals surface area contributed by atoms with Gasteiger partial charge in [0, 0.05) is 12.6 Å². The van der Waals surface area contributed by atoms with Crippen LogP contribution < -0.4 is 15.7 Å². The van der Waals surface area contributed by atoms with E-state index in [1.54, 1.807) is 0 Å². The summed E-state index contributed by atoms with van der Waals surface area (Å²) < 4.78 is 75.7. The number of fused-ring (bicyclic) bond motifs is 1. The molecule has 202 valence electrons. The van der Waals surface area contributed by atoms with Crippen LogP contribution in [0.15, 0.2) is 35.1 Å². The quantitative estimate of drug-likeness (QED) is 0.429. The fourth-order valence-corrected chi connectivity index (χ4v) is 4.10. The molecule has 1 aliphatic heterocycles. The third-order valence-electron chi connectivity index (χ3n) is 5.86. The van der Waals surface area contributed by atoms with Crippen LogP contribution >= 0.6 is 11.6 Å². The lowest BCUT2D eigenvalue weighted by molar-refractivity contribution is -0.189. The smallest absolute Gasteiger partial charge is 0.425 e. The number of hydrogen-bond donors (Lipinski definition) is 2. The van der Waals surface area contributed by atoms with Gasteiger partial charge >= 0.3 is 17.8 Å². The topological polar surface area (TPSA) is 115 Å². The third-order valence-corrected chi connectivity index (χ3v) is 6.18. The Morgan fingerprint density at radius 3 is 2.58 bits per heavy atom. The maximum Gasteiger partial charge on any atom is 0.425 e. The van der Waals surface area contributed by atoms with Gasteiger partial charge in [-0.3, -0.25) is 14.2 Å². The summed E-state index contributed by atoms with van der Waals surface area (Å²) in [5.41, 5.74) is -2.89. The summed E-state index contributed by atoms with van der Waals surface area (Å²) >= 11 is 5.88. The average molecular weight is 561 g/mol. The van der Waals surface area contributed by atoms with E-state index in [0.29, 0.717) is 30.2 Å². The summed E-state index contributed by atoms with van der Waals surface area (Å²) in [5.74, 6) is -6.86. The predicted octanol–water partition coefficient (Wildman–Crippen LogP) is 4.51. The van der Waals surface area contributed by atoms with Gasteiger partial charge < -0.3 is 15.2 Å². The standard InChI is InChI=1S/C23H18ClF5N4O5/c1-10(23(27,28)29)38-17-9-16(33-22(37)32-7-3-4-11(21(35)36)19(32)31-33)15(26)8-12(17)20(34)30-18-13(24)5-2-6-14(18)25/h2,5-6,8-11H,3-4,7H2,1H3,(H,30,34)(H,35,36)/t10-,11?/m0/s1. The number of carboxylic acid groups (broad SMARTS) is 1. The maximum atomic E-state index is 15.3. The largest absolute Gasteiger partial charge is 0.481 e. The van der Waals surface area contributed by atoms with Crippen molar-refractivity contribution in [3.63, 3.8) is 0 Å². The molecule has 0 radical (unpaired) electrons. The van der Waals surface area contributed by atoms with Crippen molar-refractivity contribution in [1.82, 2.24) is 14.3 Å². The molecule has 0 saturated heterocycles. The minimum atomic E-state index is -4.89. The van der Waals surface area contributed by atoms with Crippen molar-refractivity contribution in [2.75, 3.05) is 5.32 Å². The number of halogens is 6. The number of benzene rings is 2. The molecule has 0 spiro atoms. The second kappa shape index (κ2) is 10.1. The molecular formula is C23H18ClF5N4O5. The SMILES string of the molecule is C[C@H](Oc1cc(-n2nc3n(c2=O)CCCC3C(=O)O)c(F)cc1C(=O)Nc1c(F)cccc1Cl)C(F)(F)F. The molecule has 3 aromatic rings. The normalized spacial score (nSPS) is 16.0. The van der Waals surface area contributed by atoms with Crippen molar-refractivity contribution in [2.45, 2.75) is 44.5 Å². The average Bonchev–Trinajstić information content (AvgIpc) is 3.17. The number of aliphatic carboxylic acids is 1. The molecule has 2 aromatic carbocycles. The van der Waals surface area contributed by atoms with E-state index in [-0.39, 0.29) is 23.8 Å². The van der Waals surface area contributed by atoms with Gasteiger partial charge in [-0.05, 0) is 38.0 Å². The number of carboxylic acids is 1. The molecule has 0 fully saturated rings. The van der Waals surface area contributed by atoms with E-state index in [1.807, 2.05) is 0 Å². The number of aromatic nitrogens is 3. The summed E-state index contributed by atoms with van der Waals surface area (Å²) in [7, 11) is 0. The second-order valence-corrected chi connectivity index (χ2v) is 8.80. The van der Waals surface area contributed by atoms with Crippen LogP contribution in [0.2, 0.25) is 5.02 Å². The van der Waals surface area contributed by atoms with Gasteiger partial charge in [-0.2, -0.15) is 17.9 Å². The lowest BCUT2D eigenvalue weighted by atomic mass is 9.99. The zero-order valence-electron chi connectivity index (χ0n) is 19.4. The van der Waals surface area contributed by atoms with Crippen LogP contribution in [0.25, 0.3) is 5.69 Å². The Hall–Kier alpha value is -3.94. The van der Waals surface area contributed by atoms with E-state index in [9.17, 15) is 37.1 Å². The van der Waals surface area contributed by atoms with Crippen LogP contribution in [0.1, 0.15) is 41.9 Å². The summed E-state index contributed by atoms with van der Waals surface area (Å²) in [5, 5.41) is 15.2. The van der Waals surface area contributed by atoms with E-state index >= 15 is 4.39 Å². The Balaban J connectivity index is 1.83. The van der Waals surface area contributed by atoms with Gasteiger partial charge in [0.25, 0.3) is 5.91 Å². The highest BCUT2D eigenvalue weighted by atomic mass is 35.5. The molecule has 0 aliphatic carbocycles. The van der Waals surface area contributed by atoms with Crippen LogP contribution in [0.5, 0.6) is 5.75 Å². The molecule has 1 amide bonds.